The smallest absolute Gasteiger partial charge is 0.333 e. The summed E-state index contributed by atoms with van der Waals surface area (Å²) in [6.45, 7) is 2.27. The highest BCUT2D eigenvalue weighted by Gasteiger charge is 2.03. The van der Waals surface area contributed by atoms with Gasteiger partial charge in [0, 0.05) is 23.9 Å². The van der Waals surface area contributed by atoms with Crippen molar-refractivity contribution in [3.8, 4) is 5.75 Å². The molecular formula is C13H16BrNO3. The van der Waals surface area contributed by atoms with Crippen molar-refractivity contribution in [2.45, 2.75) is 6.92 Å². The molecule has 1 aromatic rings. The number of methoxy groups -OCH3 is 2. The molecule has 0 saturated heterocycles. The van der Waals surface area contributed by atoms with Crippen LogP contribution in [-0.4, -0.2) is 26.7 Å². The molecule has 0 aliphatic carbocycles. The van der Waals surface area contributed by atoms with Crippen LogP contribution >= 0.6 is 15.9 Å². The van der Waals surface area contributed by atoms with E-state index in [0.29, 0.717) is 12.1 Å². The second kappa shape index (κ2) is 7.06. The number of anilines is 1. The van der Waals surface area contributed by atoms with Gasteiger partial charge in [0.1, 0.15) is 5.75 Å². The van der Waals surface area contributed by atoms with E-state index in [-0.39, 0.29) is 5.97 Å². The summed E-state index contributed by atoms with van der Waals surface area (Å²) in [5, 5.41) is 3.17. The van der Waals surface area contributed by atoms with E-state index < -0.39 is 0 Å². The number of halogens is 1. The Labute approximate surface area is 115 Å². The number of hydrogen-bond acceptors (Lipinski definition) is 4. The number of carbonyl (C=O) groups is 1. The van der Waals surface area contributed by atoms with E-state index in [9.17, 15) is 4.79 Å². The third kappa shape index (κ3) is 4.07. The van der Waals surface area contributed by atoms with Crippen molar-refractivity contribution in [3.05, 3.63) is 34.3 Å². The van der Waals surface area contributed by atoms with E-state index in [4.69, 9.17) is 4.74 Å². The monoisotopic (exact) mass is 313 g/mol. The Hall–Kier alpha value is -1.49. The van der Waals surface area contributed by atoms with Gasteiger partial charge in [-0.1, -0.05) is 6.08 Å². The lowest BCUT2D eigenvalue weighted by molar-refractivity contribution is -0.136. The zero-order valence-corrected chi connectivity index (χ0v) is 12.2. The van der Waals surface area contributed by atoms with Gasteiger partial charge in [0.05, 0.1) is 18.7 Å². The van der Waals surface area contributed by atoms with Gasteiger partial charge in [0.25, 0.3) is 0 Å². The minimum Gasteiger partial charge on any atom is -0.495 e. The van der Waals surface area contributed by atoms with Gasteiger partial charge >= 0.3 is 5.97 Å². The Balaban J connectivity index is 2.61. The van der Waals surface area contributed by atoms with Crippen molar-refractivity contribution in [2.75, 3.05) is 26.1 Å². The highest BCUT2D eigenvalue weighted by molar-refractivity contribution is 9.10. The predicted molar refractivity (Wildman–Crippen MR) is 75.0 cm³/mol. The van der Waals surface area contributed by atoms with Crippen LogP contribution in [-0.2, 0) is 9.53 Å². The quantitative estimate of drug-likeness (QED) is 0.670. The van der Waals surface area contributed by atoms with Crippen molar-refractivity contribution in [1.82, 2.24) is 0 Å². The zero-order chi connectivity index (χ0) is 13.5. The number of rotatable bonds is 5. The summed E-state index contributed by atoms with van der Waals surface area (Å²) in [5.74, 6) is 0.443. The van der Waals surface area contributed by atoms with E-state index in [1.807, 2.05) is 18.2 Å². The molecule has 5 heteroatoms. The van der Waals surface area contributed by atoms with Crippen LogP contribution in [0.1, 0.15) is 6.92 Å². The summed E-state index contributed by atoms with van der Waals surface area (Å²) >= 11 is 3.38. The molecule has 1 rings (SSSR count). The lowest BCUT2D eigenvalue weighted by Crippen LogP contribution is -2.05. The molecule has 0 atom stereocenters. The molecule has 4 nitrogen and oxygen atoms in total. The summed E-state index contributed by atoms with van der Waals surface area (Å²) < 4.78 is 10.7. The van der Waals surface area contributed by atoms with Crippen LogP contribution in [0.4, 0.5) is 5.69 Å². The van der Waals surface area contributed by atoms with E-state index in [2.05, 4.69) is 26.0 Å². The highest BCUT2D eigenvalue weighted by Crippen LogP contribution is 2.27. The van der Waals surface area contributed by atoms with Crippen LogP contribution in [0.5, 0.6) is 5.75 Å². The first-order valence-electron chi connectivity index (χ1n) is 5.41. The number of esters is 1. The molecule has 0 unspecified atom stereocenters. The maximum atomic E-state index is 11.2. The minimum absolute atomic E-state index is 0.315. The van der Waals surface area contributed by atoms with Crippen molar-refractivity contribution in [1.29, 1.82) is 0 Å². The summed E-state index contributed by atoms with van der Waals surface area (Å²) in [5.41, 5.74) is 1.50. The van der Waals surface area contributed by atoms with Gasteiger partial charge in [0.15, 0.2) is 0 Å². The molecule has 0 bridgehead atoms. The molecule has 0 spiro atoms. The van der Waals surface area contributed by atoms with Crippen molar-refractivity contribution >= 4 is 27.6 Å². The third-order valence-electron chi connectivity index (χ3n) is 2.37. The fourth-order valence-electron chi connectivity index (χ4n) is 1.34. The fourth-order valence-corrected chi connectivity index (χ4v) is 1.74. The van der Waals surface area contributed by atoms with Crippen LogP contribution in [0.3, 0.4) is 0 Å². The topological polar surface area (TPSA) is 47.6 Å². The van der Waals surface area contributed by atoms with E-state index >= 15 is 0 Å². The summed E-state index contributed by atoms with van der Waals surface area (Å²) in [4.78, 5) is 11.2. The van der Waals surface area contributed by atoms with E-state index in [0.717, 1.165) is 15.9 Å². The zero-order valence-electron chi connectivity index (χ0n) is 10.6. The van der Waals surface area contributed by atoms with Crippen molar-refractivity contribution in [3.63, 3.8) is 0 Å². The number of hydrogen-bond donors (Lipinski definition) is 1. The van der Waals surface area contributed by atoms with Crippen molar-refractivity contribution < 1.29 is 14.3 Å². The largest absolute Gasteiger partial charge is 0.495 e. The average Bonchev–Trinajstić information content (AvgIpc) is 2.39. The lowest BCUT2D eigenvalue weighted by Gasteiger charge is -2.08. The highest BCUT2D eigenvalue weighted by atomic mass is 79.9. The molecular weight excluding hydrogens is 298 g/mol. The van der Waals surface area contributed by atoms with Gasteiger partial charge in [-0.3, -0.25) is 0 Å². The molecule has 1 N–H and O–H groups in total. The first-order chi connectivity index (χ1) is 8.58. The fraction of sp³-hybridized carbons (Fsp3) is 0.308. The lowest BCUT2D eigenvalue weighted by atomic mass is 10.2. The normalized spacial score (nSPS) is 11.0. The number of carbonyl (C=O) groups excluding carboxylic acids is 1. The van der Waals surface area contributed by atoms with Crippen LogP contribution < -0.4 is 10.1 Å². The third-order valence-corrected chi connectivity index (χ3v) is 3.03. The molecule has 0 saturated carbocycles. The van der Waals surface area contributed by atoms with Gasteiger partial charge in [-0.2, -0.15) is 0 Å². The standard InChI is InChI=1S/C13H16BrNO3/c1-9(13(16)18-3)6-7-15-10-4-5-11(14)12(8-10)17-2/h4-6,8,15H,7H2,1-3H3/b9-6+. The number of ether oxygens (including phenoxy) is 2. The average molecular weight is 314 g/mol. The Morgan fingerprint density at radius 1 is 1.44 bits per heavy atom. The molecule has 0 amide bonds. The van der Waals surface area contributed by atoms with Crippen LogP contribution in [0.25, 0.3) is 0 Å². The number of benzene rings is 1. The van der Waals surface area contributed by atoms with Gasteiger partial charge in [-0.25, -0.2) is 4.79 Å². The molecule has 1 aromatic carbocycles. The number of nitrogens with one attached hydrogen (secondary N) is 1. The molecule has 0 aliphatic rings. The summed E-state index contributed by atoms with van der Waals surface area (Å²) in [6, 6.07) is 5.71. The van der Waals surface area contributed by atoms with Gasteiger partial charge in [0.2, 0.25) is 0 Å². The van der Waals surface area contributed by atoms with Gasteiger partial charge in [-0.15, -0.1) is 0 Å². The Kier molecular flexibility index (Phi) is 5.71. The molecule has 18 heavy (non-hydrogen) atoms. The molecule has 0 heterocycles. The maximum Gasteiger partial charge on any atom is 0.333 e. The SMILES string of the molecule is COC(=O)/C(C)=C/CNc1ccc(Br)c(OC)c1. The summed E-state index contributed by atoms with van der Waals surface area (Å²) in [6.07, 6.45) is 1.78. The van der Waals surface area contributed by atoms with E-state index in [1.165, 1.54) is 7.11 Å². The first-order valence-corrected chi connectivity index (χ1v) is 6.20. The molecule has 0 radical (unpaired) electrons. The molecule has 0 aliphatic heterocycles. The van der Waals surface area contributed by atoms with Crippen molar-refractivity contribution in [2.24, 2.45) is 0 Å². The second-order valence-corrected chi connectivity index (χ2v) is 4.46. The van der Waals surface area contributed by atoms with Crippen LogP contribution in [0.15, 0.2) is 34.3 Å². The second-order valence-electron chi connectivity index (χ2n) is 3.61. The van der Waals surface area contributed by atoms with Gasteiger partial charge in [-0.05, 0) is 35.0 Å². The Bertz CT molecular complexity index is 458. The Morgan fingerprint density at radius 3 is 2.78 bits per heavy atom. The molecule has 0 aromatic heterocycles. The van der Waals surface area contributed by atoms with E-state index in [1.54, 1.807) is 20.1 Å². The predicted octanol–water partition coefficient (Wildman–Crippen LogP) is 2.99. The Morgan fingerprint density at radius 2 is 2.17 bits per heavy atom. The first kappa shape index (κ1) is 14.6. The van der Waals surface area contributed by atoms with Crippen LogP contribution in [0.2, 0.25) is 0 Å². The maximum absolute atomic E-state index is 11.2. The van der Waals surface area contributed by atoms with Crippen LogP contribution in [0, 0.1) is 0 Å². The molecule has 98 valence electrons. The summed E-state index contributed by atoms with van der Waals surface area (Å²) in [7, 11) is 2.98. The molecule has 0 fully saturated rings. The minimum atomic E-state index is -0.315. The van der Waals surface area contributed by atoms with Gasteiger partial charge < -0.3 is 14.8 Å².